The van der Waals surface area contributed by atoms with Gasteiger partial charge in [0, 0.05) is 19.4 Å². The summed E-state index contributed by atoms with van der Waals surface area (Å²) >= 11 is 0. The second-order valence-corrected chi connectivity index (χ2v) is 6.75. The molecule has 3 amide bonds. The number of carbonyl (C=O) groups excluding carboxylic acids is 5. The van der Waals surface area contributed by atoms with Crippen molar-refractivity contribution in [3.8, 4) is 0 Å². The second-order valence-electron chi connectivity index (χ2n) is 6.75. The summed E-state index contributed by atoms with van der Waals surface area (Å²) in [4.78, 5) is 66.4. The molecule has 0 atom stereocenters. The lowest BCUT2D eigenvalue weighted by atomic mass is 10.1. The zero-order valence-electron chi connectivity index (χ0n) is 15.7. The van der Waals surface area contributed by atoms with E-state index >= 15 is 0 Å². The van der Waals surface area contributed by atoms with Gasteiger partial charge < -0.3 is 9.74 Å². The van der Waals surface area contributed by atoms with Crippen molar-refractivity contribution < 1.29 is 28.8 Å². The number of hydrogen-bond acceptors (Lipinski definition) is 6. The molecule has 4 rings (SSSR count). The van der Waals surface area contributed by atoms with Crippen molar-refractivity contribution in [2.24, 2.45) is 0 Å². The number of fused-ring (bicyclic) bond motifs is 1. The largest absolute Gasteiger partial charge is 0.363 e. The zero-order chi connectivity index (χ0) is 21.3. The van der Waals surface area contributed by atoms with E-state index in [1.807, 2.05) is 36.4 Å². The number of benzene rings is 2. The molecule has 2 aromatic rings. The summed E-state index contributed by atoms with van der Waals surface area (Å²) in [7, 11) is 0. The van der Waals surface area contributed by atoms with Crippen LogP contribution < -0.4 is 4.90 Å². The molecule has 0 unspecified atom stereocenters. The Morgan fingerprint density at radius 1 is 0.967 bits per heavy atom. The molecule has 0 aliphatic carbocycles. The highest BCUT2D eigenvalue weighted by atomic mass is 16.7. The summed E-state index contributed by atoms with van der Waals surface area (Å²) in [6.07, 6.45) is 3.57. The first kappa shape index (κ1) is 19.3. The Kier molecular flexibility index (Phi) is 4.97. The lowest BCUT2D eigenvalue weighted by Crippen LogP contribution is -2.32. The summed E-state index contributed by atoms with van der Waals surface area (Å²) < 4.78 is 0. The summed E-state index contributed by atoms with van der Waals surface area (Å²) in [5.74, 6) is -3.59. The number of nitrogens with zero attached hydrogens (tertiary/aromatic N) is 2. The molecule has 2 aliphatic rings. The van der Waals surface area contributed by atoms with Crippen molar-refractivity contribution in [1.82, 2.24) is 5.06 Å². The van der Waals surface area contributed by atoms with Gasteiger partial charge in [-0.2, -0.15) is 0 Å². The minimum absolute atomic E-state index is 0.0191. The molecule has 2 aliphatic heterocycles. The number of anilines is 1. The lowest BCUT2D eigenvalue weighted by molar-refractivity contribution is -0.172. The molecule has 0 N–H and O–H groups in total. The summed E-state index contributed by atoms with van der Waals surface area (Å²) in [6, 6.07) is 13.6. The first-order valence-corrected chi connectivity index (χ1v) is 9.25. The molecule has 0 aromatic heterocycles. The molecule has 1 saturated heterocycles. The van der Waals surface area contributed by atoms with Gasteiger partial charge in [0.25, 0.3) is 23.5 Å². The number of ketones is 1. The van der Waals surface area contributed by atoms with E-state index in [9.17, 15) is 24.0 Å². The number of carbonyl (C=O) groups is 5. The van der Waals surface area contributed by atoms with Crippen LogP contribution >= 0.6 is 0 Å². The number of hydroxylamine groups is 2. The summed E-state index contributed by atoms with van der Waals surface area (Å²) in [6.45, 7) is 0.188. The Bertz CT molecular complexity index is 1090. The molecule has 0 bridgehead atoms. The van der Waals surface area contributed by atoms with Gasteiger partial charge in [0.1, 0.15) is 0 Å². The van der Waals surface area contributed by atoms with Gasteiger partial charge >= 0.3 is 5.97 Å². The van der Waals surface area contributed by atoms with E-state index in [-0.39, 0.29) is 30.5 Å². The number of Topliss-reactive ketones (excluding diaryl/α,β-unsaturated/α-hetero) is 1. The normalized spacial score (nSPS) is 16.0. The molecule has 150 valence electrons. The van der Waals surface area contributed by atoms with Gasteiger partial charge in [-0.05, 0) is 23.8 Å². The van der Waals surface area contributed by atoms with Crippen LogP contribution in [0.3, 0.4) is 0 Å². The van der Waals surface area contributed by atoms with Crippen molar-refractivity contribution in [2.45, 2.75) is 12.8 Å². The van der Waals surface area contributed by atoms with E-state index in [0.717, 1.165) is 5.56 Å². The third-order valence-electron chi connectivity index (χ3n) is 4.78. The first-order valence-electron chi connectivity index (χ1n) is 9.25. The standard InChI is InChI=1S/C22H16N2O6/c25-18-10-11-19(26)24(18)30-22(29)15-8-9-17-16(13-15)20(27)21(28)23(17)12-4-7-14-5-2-1-3-6-14/h1-9,13H,10-12H2/b7-4+. The summed E-state index contributed by atoms with van der Waals surface area (Å²) in [5, 5.41) is 0.434. The van der Waals surface area contributed by atoms with Crippen LogP contribution in [-0.4, -0.2) is 41.1 Å². The molecule has 0 saturated carbocycles. The average Bonchev–Trinajstić information content (AvgIpc) is 3.20. The second kappa shape index (κ2) is 7.75. The highest BCUT2D eigenvalue weighted by molar-refractivity contribution is 6.52. The number of imide groups is 1. The molecule has 0 radical (unpaired) electrons. The molecule has 8 heteroatoms. The fourth-order valence-electron chi connectivity index (χ4n) is 3.26. The van der Waals surface area contributed by atoms with E-state index in [0.29, 0.717) is 10.8 Å². The van der Waals surface area contributed by atoms with Crippen molar-refractivity contribution in [3.63, 3.8) is 0 Å². The molecular formula is C22H16N2O6. The third kappa shape index (κ3) is 3.50. The lowest BCUT2D eigenvalue weighted by Gasteiger charge is -2.15. The fraction of sp³-hybridized carbons (Fsp3) is 0.136. The molecule has 1 fully saturated rings. The Morgan fingerprint density at radius 2 is 1.67 bits per heavy atom. The Hall–Kier alpha value is -4.07. The van der Waals surface area contributed by atoms with Crippen molar-refractivity contribution in [1.29, 1.82) is 0 Å². The van der Waals surface area contributed by atoms with Crippen LogP contribution in [0.4, 0.5) is 5.69 Å². The predicted octanol–water partition coefficient (Wildman–Crippen LogP) is 2.15. The molecular weight excluding hydrogens is 388 g/mol. The number of amides is 3. The van der Waals surface area contributed by atoms with Crippen molar-refractivity contribution in [3.05, 3.63) is 71.3 Å². The number of hydrogen-bond donors (Lipinski definition) is 0. The molecule has 30 heavy (non-hydrogen) atoms. The molecule has 0 spiro atoms. The van der Waals surface area contributed by atoms with Gasteiger partial charge in [0.2, 0.25) is 0 Å². The van der Waals surface area contributed by atoms with E-state index in [1.54, 1.807) is 6.08 Å². The van der Waals surface area contributed by atoms with Gasteiger partial charge in [0.15, 0.2) is 0 Å². The maximum Gasteiger partial charge on any atom is 0.363 e. The smallest absolute Gasteiger partial charge is 0.325 e. The van der Waals surface area contributed by atoms with E-state index in [1.165, 1.54) is 23.1 Å². The highest BCUT2D eigenvalue weighted by Crippen LogP contribution is 2.30. The Labute approximate surface area is 171 Å². The van der Waals surface area contributed by atoms with Gasteiger partial charge in [-0.25, -0.2) is 4.79 Å². The SMILES string of the molecule is O=C(ON1C(=O)CCC1=O)c1ccc2c(c1)C(=O)C(=O)N2C/C=C/c1ccccc1. The highest BCUT2D eigenvalue weighted by Gasteiger charge is 2.37. The maximum atomic E-state index is 12.4. The molecule has 2 aromatic carbocycles. The van der Waals surface area contributed by atoms with Crippen LogP contribution in [-0.2, 0) is 19.2 Å². The van der Waals surface area contributed by atoms with Crippen molar-refractivity contribution >= 4 is 41.2 Å². The molecule has 2 heterocycles. The topological polar surface area (TPSA) is 101 Å². The minimum atomic E-state index is -0.955. The zero-order valence-corrected chi connectivity index (χ0v) is 15.7. The van der Waals surface area contributed by atoms with E-state index in [4.69, 9.17) is 4.84 Å². The van der Waals surface area contributed by atoms with E-state index < -0.39 is 29.5 Å². The Morgan fingerprint density at radius 3 is 2.37 bits per heavy atom. The molecule has 8 nitrogen and oxygen atoms in total. The van der Waals surface area contributed by atoms with Gasteiger partial charge in [-0.3, -0.25) is 19.2 Å². The van der Waals surface area contributed by atoms with Gasteiger partial charge in [-0.15, -0.1) is 5.06 Å². The minimum Gasteiger partial charge on any atom is -0.325 e. The summed E-state index contributed by atoms with van der Waals surface area (Å²) in [5.41, 5.74) is 1.37. The van der Waals surface area contributed by atoms with Crippen LogP contribution in [0, 0.1) is 0 Å². The third-order valence-corrected chi connectivity index (χ3v) is 4.78. The van der Waals surface area contributed by atoms with Gasteiger partial charge in [-0.1, -0.05) is 42.5 Å². The quantitative estimate of drug-likeness (QED) is 0.559. The van der Waals surface area contributed by atoms with E-state index in [2.05, 4.69) is 0 Å². The van der Waals surface area contributed by atoms with Crippen molar-refractivity contribution in [2.75, 3.05) is 11.4 Å². The first-order chi connectivity index (χ1) is 14.5. The Balaban J connectivity index is 1.52. The van der Waals surface area contributed by atoms with Crippen LogP contribution in [0.1, 0.15) is 39.1 Å². The average molecular weight is 404 g/mol. The maximum absolute atomic E-state index is 12.4. The van der Waals surface area contributed by atoms with Crippen LogP contribution in [0.2, 0.25) is 0 Å². The van der Waals surface area contributed by atoms with Crippen LogP contribution in [0.15, 0.2) is 54.6 Å². The van der Waals surface area contributed by atoms with Crippen LogP contribution in [0.5, 0.6) is 0 Å². The number of rotatable bonds is 5. The monoisotopic (exact) mass is 404 g/mol. The predicted molar refractivity (Wildman–Crippen MR) is 105 cm³/mol. The van der Waals surface area contributed by atoms with Crippen LogP contribution in [0.25, 0.3) is 6.08 Å². The van der Waals surface area contributed by atoms with Gasteiger partial charge in [0.05, 0.1) is 16.8 Å². The fourth-order valence-corrected chi connectivity index (χ4v) is 3.26.